The summed E-state index contributed by atoms with van der Waals surface area (Å²) >= 11 is 5.77. The molecule has 0 aliphatic carbocycles. The van der Waals surface area contributed by atoms with Gasteiger partial charge in [-0.2, -0.15) is 0 Å². The van der Waals surface area contributed by atoms with E-state index in [0.717, 1.165) is 12.0 Å². The summed E-state index contributed by atoms with van der Waals surface area (Å²) in [5.41, 5.74) is 1.07. The van der Waals surface area contributed by atoms with Gasteiger partial charge in [0.1, 0.15) is 29.4 Å². The lowest BCUT2D eigenvalue weighted by atomic mass is 10.2. The molecule has 0 spiro atoms. The molecule has 0 aliphatic heterocycles. The molecule has 1 heterocycles. The molecule has 0 saturated carbocycles. The van der Waals surface area contributed by atoms with Crippen LogP contribution >= 0.6 is 35.6 Å². The van der Waals surface area contributed by atoms with Crippen molar-refractivity contribution in [2.24, 2.45) is 4.99 Å². The number of hydrogen-bond acceptors (Lipinski definition) is 4. The standard InChI is InChI=1S/C19H24ClFN4O2.HI/c1-2-22-19(23-10-9-14-3-8-18(20)24-11-14)25-12-16(26)13-27-17-6-4-15(21)5-7-17;/h3-8,11,16,26H,2,9-10,12-13H2,1H3,(H2,22,23,25);1H. The molecule has 1 aromatic carbocycles. The third kappa shape index (κ3) is 9.52. The maximum Gasteiger partial charge on any atom is 0.191 e. The smallest absolute Gasteiger partial charge is 0.191 e. The highest BCUT2D eigenvalue weighted by molar-refractivity contribution is 14.0. The van der Waals surface area contributed by atoms with Crippen molar-refractivity contribution in [2.45, 2.75) is 19.4 Å². The van der Waals surface area contributed by atoms with Gasteiger partial charge in [0.15, 0.2) is 5.96 Å². The maximum atomic E-state index is 12.8. The molecule has 1 aromatic heterocycles. The van der Waals surface area contributed by atoms with Crippen molar-refractivity contribution >= 4 is 41.5 Å². The second kappa shape index (κ2) is 13.5. The Morgan fingerprint density at radius 3 is 2.64 bits per heavy atom. The van der Waals surface area contributed by atoms with E-state index in [-0.39, 0.29) is 42.9 Å². The Hall–Kier alpha value is -1.65. The molecular weight excluding hydrogens is 498 g/mol. The van der Waals surface area contributed by atoms with Crippen molar-refractivity contribution in [3.05, 3.63) is 59.1 Å². The van der Waals surface area contributed by atoms with Gasteiger partial charge in [-0.25, -0.2) is 9.37 Å². The fourth-order valence-corrected chi connectivity index (χ4v) is 2.31. The predicted octanol–water partition coefficient (Wildman–Crippen LogP) is 3.03. The lowest BCUT2D eigenvalue weighted by Gasteiger charge is -2.14. The van der Waals surface area contributed by atoms with Crippen LogP contribution < -0.4 is 15.4 Å². The highest BCUT2D eigenvalue weighted by Gasteiger charge is 2.06. The Morgan fingerprint density at radius 1 is 1.25 bits per heavy atom. The predicted molar refractivity (Wildman–Crippen MR) is 120 cm³/mol. The average molecular weight is 523 g/mol. The molecule has 6 nitrogen and oxygen atoms in total. The number of aliphatic hydroxyl groups excluding tert-OH is 1. The quantitative estimate of drug-likeness (QED) is 0.204. The van der Waals surface area contributed by atoms with Crippen LogP contribution in [0.25, 0.3) is 0 Å². The average Bonchev–Trinajstić information content (AvgIpc) is 2.67. The van der Waals surface area contributed by atoms with E-state index in [9.17, 15) is 9.50 Å². The Morgan fingerprint density at radius 2 is 2.00 bits per heavy atom. The van der Waals surface area contributed by atoms with Crippen molar-refractivity contribution < 1.29 is 14.2 Å². The summed E-state index contributed by atoms with van der Waals surface area (Å²) in [6.07, 6.45) is 1.74. The summed E-state index contributed by atoms with van der Waals surface area (Å²) in [4.78, 5) is 8.40. The van der Waals surface area contributed by atoms with Crippen molar-refractivity contribution in [3.8, 4) is 5.75 Å². The van der Waals surface area contributed by atoms with E-state index in [0.29, 0.717) is 30.0 Å². The fraction of sp³-hybridized carbons (Fsp3) is 0.368. The molecule has 0 fully saturated rings. The molecule has 2 aromatic rings. The molecule has 154 valence electrons. The number of aromatic nitrogens is 1. The van der Waals surface area contributed by atoms with E-state index in [2.05, 4.69) is 20.6 Å². The molecule has 1 unspecified atom stereocenters. The number of ether oxygens (including phenoxy) is 1. The van der Waals surface area contributed by atoms with Gasteiger partial charge in [-0.05, 0) is 49.2 Å². The molecular formula is C19H25ClFIN4O2. The Bertz CT molecular complexity index is 717. The molecule has 0 aliphatic rings. The molecule has 1 atom stereocenters. The number of pyridine rings is 1. The van der Waals surface area contributed by atoms with E-state index in [1.165, 1.54) is 24.3 Å². The highest BCUT2D eigenvalue weighted by Crippen LogP contribution is 2.11. The van der Waals surface area contributed by atoms with Crippen LogP contribution in [0, 0.1) is 5.82 Å². The number of nitrogens with one attached hydrogen (secondary N) is 2. The van der Waals surface area contributed by atoms with Crippen molar-refractivity contribution in [1.29, 1.82) is 0 Å². The van der Waals surface area contributed by atoms with Gasteiger partial charge in [0.25, 0.3) is 0 Å². The van der Waals surface area contributed by atoms with Crippen LogP contribution in [-0.2, 0) is 6.42 Å². The minimum absolute atomic E-state index is 0. The number of guanidine groups is 1. The van der Waals surface area contributed by atoms with Gasteiger partial charge in [0, 0.05) is 19.3 Å². The summed E-state index contributed by atoms with van der Waals surface area (Å²) < 4.78 is 18.3. The number of aliphatic imine (C=N–C) groups is 1. The largest absolute Gasteiger partial charge is 0.491 e. The van der Waals surface area contributed by atoms with Crippen LogP contribution in [-0.4, -0.2) is 48.4 Å². The molecule has 0 amide bonds. The molecule has 0 saturated heterocycles. The first kappa shape index (κ1) is 24.4. The number of rotatable bonds is 9. The summed E-state index contributed by atoms with van der Waals surface area (Å²) in [7, 11) is 0. The third-order valence-corrected chi connectivity index (χ3v) is 3.78. The summed E-state index contributed by atoms with van der Waals surface area (Å²) in [5, 5.41) is 16.8. The normalized spacial score (nSPS) is 12.1. The number of nitrogens with zero attached hydrogens (tertiary/aromatic N) is 2. The molecule has 28 heavy (non-hydrogen) atoms. The first-order chi connectivity index (χ1) is 13.1. The lowest BCUT2D eigenvalue weighted by molar-refractivity contribution is 0.114. The first-order valence-corrected chi connectivity index (χ1v) is 9.13. The molecule has 3 N–H and O–H groups in total. The second-order valence-electron chi connectivity index (χ2n) is 5.80. The Labute approximate surface area is 186 Å². The van der Waals surface area contributed by atoms with Gasteiger partial charge in [-0.3, -0.25) is 4.99 Å². The summed E-state index contributed by atoms with van der Waals surface area (Å²) in [6, 6.07) is 9.34. The Kier molecular flexibility index (Phi) is 11.8. The molecule has 2 rings (SSSR count). The SMILES string of the molecule is CCNC(=NCC(O)COc1ccc(F)cc1)NCCc1ccc(Cl)nc1.I. The van der Waals surface area contributed by atoms with Crippen molar-refractivity contribution in [1.82, 2.24) is 15.6 Å². The van der Waals surface area contributed by atoms with Gasteiger partial charge >= 0.3 is 0 Å². The fourth-order valence-electron chi connectivity index (χ4n) is 2.19. The minimum Gasteiger partial charge on any atom is -0.491 e. The third-order valence-electron chi connectivity index (χ3n) is 3.56. The van der Waals surface area contributed by atoms with Crippen LogP contribution in [0.5, 0.6) is 5.75 Å². The zero-order chi connectivity index (χ0) is 19.5. The van der Waals surface area contributed by atoms with Gasteiger partial charge in [0.2, 0.25) is 0 Å². The topological polar surface area (TPSA) is 78.8 Å². The highest BCUT2D eigenvalue weighted by atomic mass is 127. The zero-order valence-electron chi connectivity index (χ0n) is 15.6. The number of aliphatic hydroxyl groups is 1. The van der Waals surface area contributed by atoms with E-state index in [1.807, 2.05) is 13.0 Å². The lowest BCUT2D eigenvalue weighted by Crippen LogP contribution is -2.39. The zero-order valence-corrected chi connectivity index (χ0v) is 18.7. The minimum atomic E-state index is -0.772. The van der Waals surface area contributed by atoms with Crippen LogP contribution in [0.15, 0.2) is 47.6 Å². The van der Waals surface area contributed by atoms with Crippen LogP contribution in [0.2, 0.25) is 5.15 Å². The van der Waals surface area contributed by atoms with E-state index in [4.69, 9.17) is 16.3 Å². The Balaban J connectivity index is 0.00000392. The van der Waals surface area contributed by atoms with Gasteiger partial charge in [0.05, 0.1) is 6.54 Å². The van der Waals surface area contributed by atoms with Crippen LogP contribution in [0.4, 0.5) is 4.39 Å². The summed E-state index contributed by atoms with van der Waals surface area (Å²) in [6.45, 7) is 3.59. The number of halogens is 3. The summed E-state index contributed by atoms with van der Waals surface area (Å²) in [5.74, 6) is 0.782. The second-order valence-corrected chi connectivity index (χ2v) is 6.19. The van der Waals surface area contributed by atoms with E-state index in [1.54, 1.807) is 12.3 Å². The molecule has 0 radical (unpaired) electrons. The molecule has 0 bridgehead atoms. The van der Waals surface area contributed by atoms with Crippen molar-refractivity contribution in [3.63, 3.8) is 0 Å². The van der Waals surface area contributed by atoms with E-state index >= 15 is 0 Å². The number of hydrogen-bond donors (Lipinski definition) is 3. The van der Waals surface area contributed by atoms with Gasteiger partial charge < -0.3 is 20.5 Å². The van der Waals surface area contributed by atoms with Gasteiger partial charge in [-0.1, -0.05) is 17.7 Å². The van der Waals surface area contributed by atoms with Gasteiger partial charge in [-0.15, -0.1) is 24.0 Å². The first-order valence-electron chi connectivity index (χ1n) is 8.76. The van der Waals surface area contributed by atoms with E-state index < -0.39 is 6.10 Å². The number of benzene rings is 1. The monoisotopic (exact) mass is 522 g/mol. The van der Waals surface area contributed by atoms with Crippen molar-refractivity contribution in [2.75, 3.05) is 26.2 Å². The molecule has 9 heteroatoms. The maximum absolute atomic E-state index is 12.8. The van der Waals surface area contributed by atoms with Crippen LogP contribution in [0.3, 0.4) is 0 Å². The van der Waals surface area contributed by atoms with Crippen LogP contribution in [0.1, 0.15) is 12.5 Å².